The Balaban J connectivity index is 2.09. The molecule has 1 aromatic heterocycles. The Labute approximate surface area is 127 Å². The van der Waals surface area contributed by atoms with Crippen molar-refractivity contribution < 1.29 is 4.79 Å². The Bertz CT molecular complexity index is 655. The van der Waals surface area contributed by atoms with Crippen molar-refractivity contribution in [3.05, 3.63) is 52.4 Å². The number of aromatic nitrogens is 2. The van der Waals surface area contributed by atoms with Gasteiger partial charge in [0.25, 0.3) is 11.5 Å². The number of nitrogens with zero attached hydrogens (tertiary/aromatic N) is 1. The lowest BCUT2D eigenvalue weighted by Gasteiger charge is -2.05. The third-order valence-corrected chi connectivity index (χ3v) is 3.73. The fraction of sp³-hybridized carbons (Fsp3) is 0.267. The van der Waals surface area contributed by atoms with E-state index in [9.17, 15) is 9.59 Å². The van der Waals surface area contributed by atoms with Crippen LogP contribution in [0.1, 0.15) is 17.3 Å². The number of rotatable bonds is 6. The Morgan fingerprint density at radius 1 is 1.33 bits per heavy atom. The topological polar surface area (TPSA) is 74.8 Å². The highest BCUT2D eigenvalue weighted by molar-refractivity contribution is 7.99. The number of carbonyl (C=O) groups excluding carboxylic acids is 1. The normalized spacial score (nSPS) is 10.3. The lowest BCUT2D eigenvalue weighted by Crippen LogP contribution is -2.31. The number of aromatic amines is 1. The molecule has 0 aliphatic heterocycles. The van der Waals surface area contributed by atoms with E-state index >= 15 is 0 Å². The van der Waals surface area contributed by atoms with Crippen molar-refractivity contribution in [1.82, 2.24) is 15.3 Å². The van der Waals surface area contributed by atoms with E-state index in [1.807, 2.05) is 30.3 Å². The molecule has 0 atom stereocenters. The van der Waals surface area contributed by atoms with Crippen LogP contribution in [0.15, 0.2) is 41.3 Å². The maximum absolute atomic E-state index is 12.0. The monoisotopic (exact) mass is 303 g/mol. The predicted octanol–water partition coefficient (Wildman–Crippen LogP) is 1.92. The van der Waals surface area contributed by atoms with Crippen LogP contribution in [0.2, 0.25) is 0 Å². The SMILES string of the molecule is CCSCCNC(=O)c1cnc(-c2ccccc2)[nH]c1=O. The first-order chi connectivity index (χ1) is 10.2. The van der Waals surface area contributed by atoms with E-state index in [2.05, 4.69) is 22.2 Å². The summed E-state index contributed by atoms with van der Waals surface area (Å²) in [5.74, 6) is 1.90. The third kappa shape index (κ3) is 4.19. The van der Waals surface area contributed by atoms with Gasteiger partial charge in [0.2, 0.25) is 0 Å². The zero-order valence-electron chi connectivity index (χ0n) is 11.8. The molecule has 0 aliphatic rings. The molecule has 0 saturated carbocycles. The molecule has 2 aromatic rings. The zero-order chi connectivity index (χ0) is 15.1. The van der Waals surface area contributed by atoms with E-state index in [4.69, 9.17) is 0 Å². The largest absolute Gasteiger partial charge is 0.351 e. The van der Waals surface area contributed by atoms with E-state index in [0.29, 0.717) is 12.4 Å². The third-order valence-electron chi connectivity index (χ3n) is 2.83. The number of H-pyrrole nitrogens is 1. The van der Waals surface area contributed by atoms with Gasteiger partial charge in [-0.2, -0.15) is 11.8 Å². The summed E-state index contributed by atoms with van der Waals surface area (Å²) >= 11 is 1.73. The molecule has 21 heavy (non-hydrogen) atoms. The maximum atomic E-state index is 12.0. The van der Waals surface area contributed by atoms with Crippen LogP contribution in [0.3, 0.4) is 0 Å². The molecule has 6 heteroatoms. The zero-order valence-corrected chi connectivity index (χ0v) is 12.6. The number of benzene rings is 1. The first kappa shape index (κ1) is 15.3. The van der Waals surface area contributed by atoms with Gasteiger partial charge in [-0.1, -0.05) is 37.3 Å². The minimum absolute atomic E-state index is 0.0381. The lowest BCUT2D eigenvalue weighted by molar-refractivity contribution is 0.0954. The van der Waals surface area contributed by atoms with Crippen LogP contribution in [-0.2, 0) is 0 Å². The lowest BCUT2D eigenvalue weighted by atomic mass is 10.2. The van der Waals surface area contributed by atoms with Crippen LogP contribution >= 0.6 is 11.8 Å². The van der Waals surface area contributed by atoms with Crippen molar-refractivity contribution in [2.75, 3.05) is 18.1 Å². The maximum Gasteiger partial charge on any atom is 0.264 e. The van der Waals surface area contributed by atoms with Gasteiger partial charge in [-0.25, -0.2) is 4.98 Å². The van der Waals surface area contributed by atoms with Gasteiger partial charge in [0.05, 0.1) is 0 Å². The highest BCUT2D eigenvalue weighted by Crippen LogP contribution is 2.11. The van der Waals surface area contributed by atoms with E-state index in [1.54, 1.807) is 11.8 Å². The average Bonchev–Trinajstić information content (AvgIpc) is 2.52. The summed E-state index contributed by atoms with van der Waals surface area (Å²) < 4.78 is 0. The van der Waals surface area contributed by atoms with Crippen molar-refractivity contribution in [2.24, 2.45) is 0 Å². The first-order valence-corrected chi connectivity index (χ1v) is 7.88. The van der Waals surface area contributed by atoms with Gasteiger partial charge >= 0.3 is 0 Å². The second-order valence-electron chi connectivity index (χ2n) is 4.29. The number of hydrogen-bond acceptors (Lipinski definition) is 4. The molecule has 5 nitrogen and oxygen atoms in total. The summed E-state index contributed by atoms with van der Waals surface area (Å²) in [5, 5.41) is 2.71. The minimum Gasteiger partial charge on any atom is -0.351 e. The van der Waals surface area contributed by atoms with Crippen LogP contribution in [0.4, 0.5) is 0 Å². The van der Waals surface area contributed by atoms with Crippen molar-refractivity contribution >= 4 is 17.7 Å². The molecule has 1 aromatic carbocycles. The van der Waals surface area contributed by atoms with Gasteiger partial charge in [0, 0.05) is 24.1 Å². The number of thioether (sulfide) groups is 1. The van der Waals surface area contributed by atoms with Crippen LogP contribution in [0.5, 0.6) is 0 Å². The number of nitrogens with one attached hydrogen (secondary N) is 2. The molecule has 2 N–H and O–H groups in total. The standard InChI is InChI=1S/C15H17N3O2S/c1-2-21-9-8-16-14(19)12-10-17-13(18-15(12)20)11-6-4-3-5-7-11/h3-7,10H,2,8-9H2,1H3,(H,16,19)(H,17,18,20). The molecule has 0 aliphatic carbocycles. The molecule has 2 rings (SSSR count). The Kier molecular flexibility index (Phi) is 5.57. The molecular weight excluding hydrogens is 286 g/mol. The van der Waals surface area contributed by atoms with Crippen molar-refractivity contribution in [3.8, 4) is 11.4 Å². The molecule has 0 bridgehead atoms. The van der Waals surface area contributed by atoms with Gasteiger partial charge in [-0.3, -0.25) is 9.59 Å². The highest BCUT2D eigenvalue weighted by Gasteiger charge is 2.11. The molecule has 0 unspecified atom stereocenters. The van der Waals surface area contributed by atoms with Gasteiger partial charge in [0.1, 0.15) is 11.4 Å². The second-order valence-corrected chi connectivity index (χ2v) is 5.69. The van der Waals surface area contributed by atoms with Crippen LogP contribution in [0.25, 0.3) is 11.4 Å². The van der Waals surface area contributed by atoms with E-state index in [0.717, 1.165) is 17.1 Å². The molecule has 110 valence electrons. The summed E-state index contributed by atoms with van der Waals surface area (Å²) in [7, 11) is 0. The highest BCUT2D eigenvalue weighted by atomic mass is 32.2. The van der Waals surface area contributed by atoms with Gasteiger partial charge in [0.15, 0.2) is 0 Å². The quantitative estimate of drug-likeness (QED) is 0.800. The summed E-state index contributed by atoms with van der Waals surface area (Å²) in [4.78, 5) is 30.7. The molecule has 0 fully saturated rings. The molecule has 0 radical (unpaired) electrons. The molecule has 0 saturated heterocycles. The van der Waals surface area contributed by atoms with Crippen LogP contribution in [-0.4, -0.2) is 33.9 Å². The number of amides is 1. The number of carbonyl (C=O) groups is 1. The average molecular weight is 303 g/mol. The van der Waals surface area contributed by atoms with Crippen molar-refractivity contribution in [1.29, 1.82) is 0 Å². The van der Waals surface area contributed by atoms with Crippen molar-refractivity contribution in [2.45, 2.75) is 6.92 Å². The molecular formula is C15H17N3O2S. The summed E-state index contributed by atoms with van der Waals surface area (Å²) in [6.07, 6.45) is 1.32. The summed E-state index contributed by atoms with van der Waals surface area (Å²) in [6.45, 7) is 2.60. The van der Waals surface area contributed by atoms with E-state index in [1.165, 1.54) is 6.20 Å². The first-order valence-electron chi connectivity index (χ1n) is 6.73. The molecule has 1 heterocycles. The van der Waals surface area contributed by atoms with Gasteiger partial charge in [-0.15, -0.1) is 0 Å². The summed E-state index contributed by atoms with van der Waals surface area (Å²) in [5.41, 5.74) is 0.418. The minimum atomic E-state index is -0.426. The number of hydrogen-bond donors (Lipinski definition) is 2. The Hall–Kier alpha value is -2.08. The Morgan fingerprint density at radius 2 is 2.10 bits per heavy atom. The molecule has 1 amide bonds. The molecule has 0 spiro atoms. The predicted molar refractivity (Wildman–Crippen MR) is 85.6 cm³/mol. The Morgan fingerprint density at radius 3 is 2.76 bits per heavy atom. The fourth-order valence-corrected chi connectivity index (χ4v) is 2.31. The van der Waals surface area contributed by atoms with E-state index in [-0.39, 0.29) is 11.5 Å². The van der Waals surface area contributed by atoms with Gasteiger partial charge < -0.3 is 10.3 Å². The van der Waals surface area contributed by atoms with Crippen LogP contribution < -0.4 is 10.9 Å². The van der Waals surface area contributed by atoms with Gasteiger partial charge in [-0.05, 0) is 5.75 Å². The van der Waals surface area contributed by atoms with Crippen molar-refractivity contribution in [3.63, 3.8) is 0 Å². The summed E-state index contributed by atoms with van der Waals surface area (Å²) in [6, 6.07) is 9.31. The smallest absolute Gasteiger partial charge is 0.264 e. The fourth-order valence-electron chi connectivity index (χ4n) is 1.78. The second kappa shape index (κ2) is 7.64. The van der Waals surface area contributed by atoms with E-state index < -0.39 is 5.56 Å². The van der Waals surface area contributed by atoms with Crippen LogP contribution in [0, 0.1) is 0 Å².